The predicted octanol–water partition coefficient (Wildman–Crippen LogP) is 4.02. The molecule has 2 aromatic carbocycles. The van der Waals surface area contributed by atoms with Crippen LogP contribution in [-0.4, -0.2) is 74.0 Å². The molecule has 0 spiro atoms. The largest absolute Gasteiger partial charge is 0.494 e. The molecule has 1 saturated heterocycles. The van der Waals surface area contributed by atoms with Gasteiger partial charge in [0.2, 0.25) is 5.95 Å². The molecule has 0 unspecified atom stereocenters. The maximum atomic E-state index is 11.9. The monoisotopic (exact) mass is 534 g/mol. The molecule has 0 aliphatic carbocycles. The first-order valence-corrected chi connectivity index (χ1v) is 14.3. The maximum absolute atomic E-state index is 11.9. The number of hydrogen-bond acceptors (Lipinski definition) is 10. The number of benzene rings is 2. The van der Waals surface area contributed by atoms with Gasteiger partial charge in [-0.3, -0.25) is 9.88 Å². The fourth-order valence-corrected chi connectivity index (χ4v) is 4.77. The zero-order chi connectivity index (χ0) is 26.4. The van der Waals surface area contributed by atoms with Gasteiger partial charge in [-0.25, -0.2) is 13.4 Å². The van der Waals surface area contributed by atoms with Crippen LogP contribution in [0.1, 0.15) is 6.42 Å². The van der Waals surface area contributed by atoms with Crippen LogP contribution in [0.5, 0.6) is 5.75 Å². The van der Waals surface area contributed by atoms with E-state index < -0.39 is 9.84 Å². The molecule has 3 heterocycles. The molecule has 0 radical (unpaired) electrons. The minimum Gasteiger partial charge on any atom is -0.494 e. The van der Waals surface area contributed by atoms with Crippen LogP contribution in [0.2, 0.25) is 0 Å². The number of nitrogens with one attached hydrogen (secondary N) is 2. The van der Waals surface area contributed by atoms with E-state index in [4.69, 9.17) is 9.47 Å². The Morgan fingerprint density at radius 2 is 1.79 bits per heavy atom. The van der Waals surface area contributed by atoms with Crippen LogP contribution < -0.4 is 15.4 Å². The van der Waals surface area contributed by atoms with E-state index in [0.717, 1.165) is 50.7 Å². The molecule has 198 valence electrons. The van der Waals surface area contributed by atoms with Gasteiger partial charge < -0.3 is 20.1 Å². The highest BCUT2D eigenvalue weighted by molar-refractivity contribution is 7.90. The van der Waals surface area contributed by atoms with E-state index in [9.17, 15) is 8.42 Å². The lowest BCUT2D eigenvalue weighted by Gasteiger charge is -2.26. The topological polar surface area (TPSA) is 119 Å². The number of morpholine rings is 1. The van der Waals surface area contributed by atoms with Gasteiger partial charge in [-0.05, 0) is 61.0 Å². The Morgan fingerprint density at radius 3 is 2.58 bits per heavy atom. The van der Waals surface area contributed by atoms with Crippen molar-refractivity contribution in [2.45, 2.75) is 11.3 Å². The van der Waals surface area contributed by atoms with Crippen LogP contribution >= 0.6 is 0 Å². The summed E-state index contributed by atoms with van der Waals surface area (Å²) >= 11 is 0. The number of sulfone groups is 1. The Hall–Kier alpha value is -3.80. The van der Waals surface area contributed by atoms with Gasteiger partial charge in [-0.15, -0.1) is 0 Å². The van der Waals surface area contributed by atoms with Crippen molar-refractivity contribution in [1.82, 2.24) is 19.9 Å². The number of ether oxygens (including phenoxy) is 2. The van der Waals surface area contributed by atoms with Crippen LogP contribution in [-0.2, 0) is 14.6 Å². The molecule has 2 aromatic heterocycles. The second-order valence-corrected chi connectivity index (χ2v) is 11.1. The lowest BCUT2D eigenvalue weighted by atomic mass is 10.2. The van der Waals surface area contributed by atoms with Gasteiger partial charge in [0.1, 0.15) is 11.6 Å². The van der Waals surface area contributed by atoms with Crippen LogP contribution in [0.4, 0.5) is 23.1 Å². The van der Waals surface area contributed by atoms with Crippen molar-refractivity contribution >= 4 is 43.9 Å². The van der Waals surface area contributed by atoms with Crippen molar-refractivity contribution in [3.63, 3.8) is 0 Å². The molecule has 38 heavy (non-hydrogen) atoms. The molecule has 11 heteroatoms. The second kappa shape index (κ2) is 11.7. The fraction of sp³-hybridized carbons (Fsp3) is 0.296. The third-order valence-electron chi connectivity index (χ3n) is 6.11. The molecule has 2 N–H and O–H groups in total. The average Bonchev–Trinajstić information content (AvgIpc) is 2.92. The third-order valence-corrected chi connectivity index (χ3v) is 7.22. The van der Waals surface area contributed by atoms with Crippen molar-refractivity contribution < 1.29 is 17.9 Å². The van der Waals surface area contributed by atoms with Crippen LogP contribution in [0.15, 0.2) is 71.9 Å². The molecule has 1 fully saturated rings. The van der Waals surface area contributed by atoms with Gasteiger partial charge in [-0.1, -0.05) is 0 Å². The van der Waals surface area contributed by atoms with E-state index in [1.807, 2.05) is 30.3 Å². The van der Waals surface area contributed by atoms with Gasteiger partial charge in [-0.2, -0.15) is 4.98 Å². The lowest BCUT2D eigenvalue weighted by Crippen LogP contribution is -2.37. The summed E-state index contributed by atoms with van der Waals surface area (Å²) in [7, 11) is -3.31. The van der Waals surface area contributed by atoms with Crippen LogP contribution in [0.25, 0.3) is 10.9 Å². The Balaban J connectivity index is 1.17. The summed E-state index contributed by atoms with van der Waals surface area (Å²) in [4.78, 5) is 15.9. The lowest BCUT2D eigenvalue weighted by molar-refractivity contribution is 0.0358. The van der Waals surface area contributed by atoms with E-state index in [1.54, 1.807) is 36.7 Å². The number of hydrogen-bond donors (Lipinski definition) is 2. The zero-order valence-corrected chi connectivity index (χ0v) is 21.9. The highest BCUT2D eigenvalue weighted by Crippen LogP contribution is 2.24. The normalized spacial score (nSPS) is 14.3. The van der Waals surface area contributed by atoms with Gasteiger partial charge in [0.15, 0.2) is 9.84 Å². The number of anilines is 4. The number of fused-ring (bicyclic) bond motifs is 1. The van der Waals surface area contributed by atoms with Crippen molar-refractivity contribution in [2.75, 3.05) is 56.3 Å². The molecule has 10 nitrogen and oxygen atoms in total. The molecule has 0 bridgehead atoms. The minimum absolute atomic E-state index is 0.252. The third kappa shape index (κ3) is 6.94. The Labute approximate surface area is 222 Å². The first-order chi connectivity index (χ1) is 18.4. The Bertz CT molecular complexity index is 1490. The second-order valence-electron chi connectivity index (χ2n) is 9.05. The molecule has 0 saturated carbocycles. The van der Waals surface area contributed by atoms with Crippen molar-refractivity contribution in [2.24, 2.45) is 0 Å². The molecular weight excluding hydrogens is 504 g/mol. The standard InChI is InChI=1S/C27H30N6O4S/c1-38(34,35)24-7-8-25-20(18-24)17-22(19-29-25)30-26-9-10-28-27(32-26)31-21-3-5-23(6-4-21)37-14-2-11-33-12-15-36-16-13-33/h3-10,17-19H,2,11-16H2,1H3,(H2,28,30,31,32). The smallest absolute Gasteiger partial charge is 0.229 e. The minimum atomic E-state index is -3.31. The quantitative estimate of drug-likeness (QED) is 0.289. The summed E-state index contributed by atoms with van der Waals surface area (Å²) in [6.45, 7) is 5.29. The van der Waals surface area contributed by atoms with Gasteiger partial charge >= 0.3 is 0 Å². The van der Waals surface area contributed by atoms with Crippen molar-refractivity contribution in [1.29, 1.82) is 0 Å². The summed E-state index contributed by atoms with van der Waals surface area (Å²) in [5.41, 5.74) is 2.23. The van der Waals surface area contributed by atoms with Crippen LogP contribution in [0, 0.1) is 0 Å². The number of nitrogens with zero attached hydrogens (tertiary/aromatic N) is 4. The maximum Gasteiger partial charge on any atom is 0.229 e. The summed E-state index contributed by atoms with van der Waals surface area (Å²) in [5, 5.41) is 7.13. The highest BCUT2D eigenvalue weighted by atomic mass is 32.2. The number of aromatic nitrogens is 3. The summed E-state index contributed by atoms with van der Waals surface area (Å²) in [6, 6.07) is 16.2. The Morgan fingerprint density at radius 1 is 0.974 bits per heavy atom. The molecule has 0 amide bonds. The number of rotatable bonds is 10. The first kappa shape index (κ1) is 25.8. The summed E-state index contributed by atoms with van der Waals surface area (Å²) in [6.07, 6.45) is 5.49. The average molecular weight is 535 g/mol. The molecule has 0 atom stereocenters. The SMILES string of the molecule is CS(=O)(=O)c1ccc2ncc(Nc3ccnc(Nc4ccc(OCCCN5CCOCC5)cc4)n3)cc2c1. The molecule has 5 rings (SSSR count). The van der Waals surface area contributed by atoms with Gasteiger partial charge in [0.25, 0.3) is 0 Å². The number of pyridine rings is 1. The van der Waals surface area contributed by atoms with E-state index in [-0.39, 0.29) is 4.90 Å². The van der Waals surface area contributed by atoms with E-state index in [0.29, 0.717) is 35.0 Å². The van der Waals surface area contributed by atoms with E-state index >= 15 is 0 Å². The predicted molar refractivity (Wildman–Crippen MR) is 147 cm³/mol. The van der Waals surface area contributed by atoms with Gasteiger partial charge in [0.05, 0.1) is 42.1 Å². The van der Waals surface area contributed by atoms with Crippen molar-refractivity contribution in [3.8, 4) is 5.75 Å². The molecule has 1 aliphatic heterocycles. The van der Waals surface area contributed by atoms with Crippen LogP contribution in [0.3, 0.4) is 0 Å². The fourth-order valence-electron chi connectivity index (χ4n) is 4.11. The zero-order valence-electron chi connectivity index (χ0n) is 21.1. The Kier molecular flexibility index (Phi) is 7.97. The van der Waals surface area contributed by atoms with E-state index in [2.05, 4.69) is 30.5 Å². The van der Waals surface area contributed by atoms with E-state index in [1.165, 1.54) is 6.26 Å². The molecule has 1 aliphatic rings. The summed E-state index contributed by atoms with van der Waals surface area (Å²) in [5.74, 6) is 1.82. The highest BCUT2D eigenvalue weighted by Gasteiger charge is 2.10. The molecule has 4 aromatic rings. The van der Waals surface area contributed by atoms with Gasteiger partial charge in [0, 0.05) is 43.2 Å². The van der Waals surface area contributed by atoms with Crippen molar-refractivity contribution in [3.05, 3.63) is 67.0 Å². The summed E-state index contributed by atoms with van der Waals surface area (Å²) < 4.78 is 35.1. The molecular formula is C27H30N6O4S. The first-order valence-electron chi connectivity index (χ1n) is 12.4.